The molecule has 17 heavy (non-hydrogen) atoms. The van der Waals surface area contributed by atoms with Crippen LogP contribution < -0.4 is 5.73 Å². The van der Waals surface area contributed by atoms with E-state index in [-0.39, 0.29) is 6.04 Å². The first-order valence-corrected chi connectivity index (χ1v) is 6.04. The smallest absolute Gasteiger partial charge is 0.141 e. The summed E-state index contributed by atoms with van der Waals surface area (Å²) >= 11 is 0. The lowest BCUT2D eigenvalue weighted by atomic mass is 10.0. The summed E-state index contributed by atoms with van der Waals surface area (Å²) in [6, 6.07) is 6.61. The maximum absolute atomic E-state index is 6.08. The number of nitrogens with two attached hydrogens (primary N) is 1. The third-order valence-electron chi connectivity index (χ3n) is 3.40. The topological polar surface area (TPSA) is 67.6 Å². The van der Waals surface area contributed by atoms with Crippen LogP contribution in [0.2, 0.25) is 0 Å². The quantitative estimate of drug-likeness (QED) is 0.837. The summed E-state index contributed by atoms with van der Waals surface area (Å²) in [4.78, 5) is 4.09. The molecule has 0 aliphatic heterocycles. The number of H-pyrrole nitrogens is 1. The Morgan fingerprint density at radius 3 is 3.00 bits per heavy atom. The number of aromatic nitrogens is 3. The van der Waals surface area contributed by atoms with Gasteiger partial charge in [-0.25, -0.2) is 4.98 Å². The first-order valence-electron chi connectivity index (χ1n) is 6.04. The molecule has 3 rings (SSSR count). The van der Waals surface area contributed by atoms with Crippen LogP contribution in [0.15, 0.2) is 24.5 Å². The van der Waals surface area contributed by atoms with E-state index in [4.69, 9.17) is 5.73 Å². The molecule has 0 amide bonds. The Morgan fingerprint density at radius 1 is 1.29 bits per heavy atom. The molecule has 1 atom stereocenters. The minimum atomic E-state index is -0.100. The standard InChI is InChI=1S/C13H16N4/c14-12(13-15-8-16-17-13)7-9-4-5-10-2-1-3-11(10)6-9/h4-6,8,12H,1-3,7,14H2,(H,15,16,17). The van der Waals surface area contributed by atoms with Crippen LogP contribution in [-0.4, -0.2) is 15.2 Å². The molecule has 88 valence electrons. The summed E-state index contributed by atoms with van der Waals surface area (Å²) in [5.74, 6) is 0.755. The molecule has 0 saturated carbocycles. The van der Waals surface area contributed by atoms with Crippen LogP contribution in [0, 0.1) is 0 Å². The van der Waals surface area contributed by atoms with Crippen molar-refractivity contribution in [2.75, 3.05) is 0 Å². The van der Waals surface area contributed by atoms with E-state index in [1.54, 1.807) is 0 Å². The Labute approximate surface area is 100 Å². The normalized spacial score (nSPS) is 15.8. The van der Waals surface area contributed by atoms with E-state index < -0.39 is 0 Å². The molecule has 0 bridgehead atoms. The van der Waals surface area contributed by atoms with Crippen molar-refractivity contribution in [1.29, 1.82) is 0 Å². The average molecular weight is 228 g/mol. The molecule has 1 aromatic carbocycles. The van der Waals surface area contributed by atoms with Gasteiger partial charge in [0.05, 0.1) is 6.04 Å². The molecule has 2 aromatic rings. The van der Waals surface area contributed by atoms with Crippen molar-refractivity contribution in [3.05, 3.63) is 47.0 Å². The molecule has 3 N–H and O–H groups in total. The lowest BCUT2D eigenvalue weighted by Crippen LogP contribution is -2.15. The van der Waals surface area contributed by atoms with Gasteiger partial charge < -0.3 is 5.73 Å². The Bertz CT molecular complexity index is 504. The first kappa shape index (κ1) is 10.5. The fourth-order valence-corrected chi connectivity index (χ4v) is 2.50. The Morgan fingerprint density at radius 2 is 2.18 bits per heavy atom. The van der Waals surface area contributed by atoms with Gasteiger partial charge in [0.1, 0.15) is 12.2 Å². The van der Waals surface area contributed by atoms with Crippen LogP contribution >= 0.6 is 0 Å². The first-order chi connectivity index (χ1) is 8.33. The van der Waals surface area contributed by atoms with E-state index in [0.29, 0.717) is 0 Å². The molecule has 1 aliphatic carbocycles. The average Bonchev–Trinajstić information content (AvgIpc) is 2.99. The van der Waals surface area contributed by atoms with Crippen molar-refractivity contribution in [3.63, 3.8) is 0 Å². The van der Waals surface area contributed by atoms with Gasteiger partial charge in [-0.1, -0.05) is 18.2 Å². The van der Waals surface area contributed by atoms with E-state index in [9.17, 15) is 0 Å². The van der Waals surface area contributed by atoms with Gasteiger partial charge in [0.25, 0.3) is 0 Å². The molecule has 0 fully saturated rings. The Balaban J connectivity index is 1.77. The minimum Gasteiger partial charge on any atom is -0.321 e. The van der Waals surface area contributed by atoms with E-state index in [1.165, 1.54) is 42.3 Å². The molecule has 0 radical (unpaired) electrons. The van der Waals surface area contributed by atoms with E-state index in [1.807, 2.05) is 0 Å². The van der Waals surface area contributed by atoms with Crippen molar-refractivity contribution in [3.8, 4) is 0 Å². The van der Waals surface area contributed by atoms with Gasteiger partial charge in [-0.2, -0.15) is 5.10 Å². The van der Waals surface area contributed by atoms with Gasteiger partial charge in [-0.15, -0.1) is 0 Å². The van der Waals surface area contributed by atoms with Crippen LogP contribution in [0.4, 0.5) is 0 Å². The second kappa shape index (κ2) is 4.30. The number of fused-ring (bicyclic) bond motifs is 1. The highest BCUT2D eigenvalue weighted by Crippen LogP contribution is 2.24. The molecule has 1 heterocycles. The van der Waals surface area contributed by atoms with Crippen molar-refractivity contribution in [2.45, 2.75) is 31.7 Å². The largest absolute Gasteiger partial charge is 0.321 e. The highest BCUT2D eigenvalue weighted by atomic mass is 15.2. The Hall–Kier alpha value is -1.68. The molecule has 1 aliphatic rings. The van der Waals surface area contributed by atoms with Gasteiger partial charge >= 0.3 is 0 Å². The van der Waals surface area contributed by atoms with E-state index in [2.05, 4.69) is 33.4 Å². The fraction of sp³-hybridized carbons (Fsp3) is 0.385. The molecule has 0 spiro atoms. The predicted molar refractivity (Wildman–Crippen MR) is 65.5 cm³/mol. The fourth-order valence-electron chi connectivity index (χ4n) is 2.50. The number of aryl methyl sites for hydroxylation is 2. The number of hydrogen-bond acceptors (Lipinski definition) is 3. The molecule has 1 unspecified atom stereocenters. The summed E-state index contributed by atoms with van der Waals surface area (Å²) in [5, 5.41) is 6.65. The summed E-state index contributed by atoms with van der Waals surface area (Å²) in [7, 11) is 0. The Kier molecular flexibility index (Phi) is 2.65. The maximum Gasteiger partial charge on any atom is 0.141 e. The van der Waals surface area contributed by atoms with Gasteiger partial charge in [0, 0.05) is 0 Å². The highest BCUT2D eigenvalue weighted by Gasteiger charge is 2.14. The maximum atomic E-state index is 6.08. The summed E-state index contributed by atoms with van der Waals surface area (Å²) in [6.45, 7) is 0. The second-order valence-corrected chi connectivity index (χ2v) is 4.64. The van der Waals surface area contributed by atoms with Crippen LogP contribution in [0.25, 0.3) is 0 Å². The van der Waals surface area contributed by atoms with Gasteiger partial charge in [-0.05, 0) is 42.4 Å². The van der Waals surface area contributed by atoms with Crippen molar-refractivity contribution in [1.82, 2.24) is 15.2 Å². The SMILES string of the molecule is NC(Cc1ccc2c(c1)CCC2)c1ncn[nH]1. The van der Waals surface area contributed by atoms with Gasteiger partial charge in [0.2, 0.25) is 0 Å². The number of nitrogens with zero attached hydrogens (tertiary/aromatic N) is 2. The lowest BCUT2D eigenvalue weighted by Gasteiger charge is -2.09. The van der Waals surface area contributed by atoms with Crippen molar-refractivity contribution in [2.24, 2.45) is 5.73 Å². The van der Waals surface area contributed by atoms with E-state index in [0.717, 1.165) is 12.2 Å². The van der Waals surface area contributed by atoms with Crippen LogP contribution in [0.1, 0.15) is 35.0 Å². The number of benzene rings is 1. The van der Waals surface area contributed by atoms with Crippen LogP contribution in [0.5, 0.6) is 0 Å². The predicted octanol–water partition coefficient (Wildman–Crippen LogP) is 1.54. The van der Waals surface area contributed by atoms with Gasteiger partial charge in [-0.3, -0.25) is 5.10 Å². The van der Waals surface area contributed by atoms with Gasteiger partial charge in [0.15, 0.2) is 0 Å². The van der Waals surface area contributed by atoms with Crippen LogP contribution in [0.3, 0.4) is 0 Å². The second-order valence-electron chi connectivity index (χ2n) is 4.64. The summed E-state index contributed by atoms with van der Waals surface area (Å²) in [6.07, 6.45) is 6.03. The summed E-state index contributed by atoms with van der Waals surface area (Å²) < 4.78 is 0. The number of nitrogens with one attached hydrogen (secondary N) is 1. The lowest BCUT2D eigenvalue weighted by molar-refractivity contribution is 0.670. The number of hydrogen-bond donors (Lipinski definition) is 2. The third kappa shape index (κ3) is 2.08. The highest BCUT2D eigenvalue weighted by molar-refractivity contribution is 5.35. The molecular formula is C13H16N4. The summed E-state index contributed by atoms with van der Waals surface area (Å²) in [5.41, 5.74) is 10.4. The zero-order valence-corrected chi connectivity index (χ0v) is 9.69. The number of rotatable bonds is 3. The van der Waals surface area contributed by atoms with E-state index >= 15 is 0 Å². The van der Waals surface area contributed by atoms with Crippen LogP contribution in [-0.2, 0) is 19.3 Å². The monoisotopic (exact) mass is 228 g/mol. The molecular weight excluding hydrogens is 212 g/mol. The molecule has 1 aromatic heterocycles. The molecule has 4 heteroatoms. The zero-order valence-electron chi connectivity index (χ0n) is 9.69. The third-order valence-corrected chi connectivity index (χ3v) is 3.40. The number of aromatic amines is 1. The zero-order chi connectivity index (χ0) is 11.7. The minimum absolute atomic E-state index is 0.100. The molecule has 0 saturated heterocycles. The molecule has 4 nitrogen and oxygen atoms in total. The van der Waals surface area contributed by atoms with Crippen molar-refractivity contribution < 1.29 is 0 Å². The van der Waals surface area contributed by atoms with Crippen molar-refractivity contribution >= 4 is 0 Å².